The molecule has 0 unspecified atom stereocenters. The summed E-state index contributed by atoms with van der Waals surface area (Å²) in [6, 6.07) is 1.69. The molecule has 0 aromatic carbocycles. The summed E-state index contributed by atoms with van der Waals surface area (Å²) in [5, 5.41) is 11.1. The van der Waals surface area contributed by atoms with Crippen LogP contribution in [0.1, 0.15) is 37.3 Å². The van der Waals surface area contributed by atoms with Gasteiger partial charge in [-0.2, -0.15) is 5.10 Å². The predicted molar refractivity (Wildman–Crippen MR) is 102 cm³/mol. The number of aromatic nitrogens is 4. The monoisotopic (exact) mass is 392 g/mol. The van der Waals surface area contributed by atoms with E-state index in [1.54, 1.807) is 24.7 Å². The number of anilines is 1. The number of hydrogen-bond acceptors (Lipinski definition) is 7. The second-order valence-electron chi connectivity index (χ2n) is 7.02. The third-order valence-corrected chi connectivity index (χ3v) is 4.99. The first-order valence-electron chi connectivity index (χ1n) is 9.63. The highest BCUT2D eigenvalue weighted by atomic mass is 16.5. The van der Waals surface area contributed by atoms with Gasteiger partial charge in [0.05, 0.1) is 19.7 Å². The zero-order chi connectivity index (χ0) is 20.1. The van der Waals surface area contributed by atoms with E-state index >= 15 is 0 Å². The Kier molecular flexibility index (Phi) is 6.63. The lowest BCUT2D eigenvalue weighted by Gasteiger charge is -2.30. The molecule has 1 fully saturated rings. The van der Waals surface area contributed by atoms with Crippen molar-refractivity contribution in [3.63, 3.8) is 0 Å². The van der Waals surface area contributed by atoms with Crippen LogP contribution in [0.25, 0.3) is 0 Å². The van der Waals surface area contributed by atoms with Crippen LogP contribution >= 0.6 is 0 Å². The highest BCUT2D eigenvalue weighted by molar-refractivity contribution is 5.91. The third-order valence-electron chi connectivity index (χ3n) is 4.99. The van der Waals surface area contributed by atoms with Crippen molar-refractivity contribution in [2.24, 2.45) is 0 Å². The first-order chi connectivity index (χ1) is 13.5. The average molecular weight is 392 g/mol. The molecule has 1 aliphatic heterocycles. The first kappa shape index (κ1) is 20.3. The van der Waals surface area contributed by atoms with E-state index in [0.717, 1.165) is 31.8 Å². The number of likely N-dealkylation sites (tertiary alicyclic amines) is 1. The summed E-state index contributed by atoms with van der Waals surface area (Å²) in [6.07, 6.45) is 1.72. The van der Waals surface area contributed by atoms with Crippen LogP contribution in [-0.2, 0) is 22.6 Å². The smallest absolute Gasteiger partial charge is 0.345 e. The van der Waals surface area contributed by atoms with Gasteiger partial charge >= 0.3 is 5.69 Å². The molecular weight excluding hydrogens is 364 g/mol. The Balaban J connectivity index is 1.56. The first-order valence-corrected chi connectivity index (χ1v) is 9.63. The minimum atomic E-state index is -0.110. The van der Waals surface area contributed by atoms with E-state index in [1.165, 1.54) is 4.68 Å². The van der Waals surface area contributed by atoms with Crippen molar-refractivity contribution in [3.05, 3.63) is 28.1 Å². The summed E-state index contributed by atoms with van der Waals surface area (Å²) in [5.74, 6) is 2.04. The number of carbonyl (C=O) groups excluding carboxylic acids is 1. The second-order valence-corrected chi connectivity index (χ2v) is 7.02. The molecule has 1 saturated heterocycles. The molecule has 1 N–H and O–H groups in total. The molecule has 2 aromatic heterocycles. The molecule has 0 aliphatic carbocycles. The van der Waals surface area contributed by atoms with Crippen molar-refractivity contribution in [1.82, 2.24) is 24.4 Å². The second kappa shape index (κ2) is 9.16. The van der Waals surface area contributed by atoms with Crippen LogP contribution in [0.4, 0.5) is 5.82 Å². The summed E-state index contributed by atoms with van der Waals surface area (Å²) >= 11 is 0. The van der Waals surface area contributed by atoms with E-state index in [1.807, 2.05) is 6.92 Å². The Morgan fingerprint density at radius 1 is 1.39 bits per heavy atom. The van der Waals surface area contributed by atoms with Gasteiger partial charge in [-0.1, -0.05) is 5.16 Å². The van der Waals surface area contributed by atoms with E-state index < -0.39 is 0 Å². The normalized spacial score (nSPS) is 15.8. The molecule has 0 atom stereocenters. The Bertz CT molecular complexity index is 847. The predicted octanol–water partition coefficient (Wildman–Crippen LogP) is 0.826. The number of ether oxygens (including phenoxy) is 1. The number of rotatable bonds is 8. The number of aryl methyl sites for hydroxylation is 1. The molecule has 3 rings (SSSR count). The fourth-order valence-electron chi connectivity index (χ4n) is 3.54. The number of carbonyl (C=O) groups is 1. The molecule has 3 heterocycles. The quantitative estimate of drug-likeness (QED) is 0.709. The van der Waals surface area contributed by atoms with E-state index in [9.17, 15) is 9.59 Å². The standard InChI is InChI=1S/C18H28N6O4/c1-4-23-17(20-24(18(23)26)9-10-27-3)14-5-7-22(8-6-14)12-16(25)19-15-11-13(2)28-21-15/h11,14H,4-10,12H2,1-3H3,(H,19,21,25). The largest absolute Gasteiger partial charge is 0.383 e. The summed E-state index contributed by atoms with van der Waals surface area (Å²) < 4.78 is 13.2. The van der Waals surface area contributed by atoms with Gasteiger partial charge in [-0.25, -0.2) is 9.48 Å². The lowest BCUT2D eigenvalue weighted by Crippen LogP contribution is -2.39. The van der Waals surface area contributed by atoms with Gasteiger partial charge in [0.2, 0.25) is 5.91 Å². The van der Waals surface area contributed by atoms with Gasteiger partial charge in [-0.3, -0.25) is 14.3 Å². The number of piperidine rings is 1. The lowest BCUT2D eigenvalue weighted by atomic mass is 9.96. The van der Waals surface area contributed by atoms with Crippen LogP contribution in [0.2, 0.25) is 0 Å². The van der Waals surface area contributed by atoms with Gasteiger partial charge in [0.1, 0.15) is 11.6 Å². The van der Waals surface area contributed by atoms with Crippen molar-refractivity contribution in [1.29, 1.82) is 0 Å². The molecule has 1 amide bonds. The molecule has 0 bridgehead atoms. The van der Waals surface area contributed by atoms with Gasteiger partial charge in [0, 0.05) is 25.6 Å². The fourth-order valence-corrected chi connectivity index (χ4v) is 3.54. The number of nitrogens with zero attached hydrogens (tertiary/aromatic N) is 5. The van der Waals surface area contributed by atoms with Gasteiger partial charge in [0.15, 0.2) is 5.82 Å². The third kappa shape index (κ3) is 4.68. The summed E-state index contributed by atoms with van der Waals surface area (Å²) in [4.78, 5) is 26.8. The molecule has 0 spiro atoms. The summed E-state index contributed by atoms with van der Waals surface area (Å²) in [6.45, 7) is 7.10. The number of hydrogen-bond donors (Lipinski definition) is 1. The molecule has 10 heteroatoms. The van der Waals surface area contributed by atoms with Gasteiger partial charge in [-0.05, 0) is 39.8 Å². The molecule has 10 nitrogen and oxygen atoms in total. The molecule has 0 saturated carbocycles. The van der Waals surface area contributed by atoms with E-state index in [-0.39, 0.29) is 17.5 Å². The van der Waals surface area contributed by atoms with Crippen LogP contribution < -0.4 is 11.0 Å². The molecule has 0 radical (unpaired) electrons. The van der Waals surface area contributed by atoms with Crippen molar-refractivity contribution in [2.75, 3.05) is 38.7 Å². The maximum atomic E-state index is 12.5. The van der Waals surface area contributed by atoms with Crippen LogP contribution in [0.15, 0.2) is 15.4 Å². The van der Waals surface area contributed by atoms with E-state index in [0.29, 0.717) is 37.8 Å². The zero-order valence-corrected chi connectivity index (χ0v) is 16.7. The van der Waals surface area contributed by atoms with Crippen LogP contribution in [0, 0.1) is 6.92 Å². The Morgan fingerprint density at radius 2 is 2.14 bits per heavy atom. The van der Waals surface area contributed by atoms with Crippen molar-refractivity contribution < 1.29 is 14.1 Å². The molecular formula is C18H28N6O4. The van der Waals surface area contributed by atoms with Gasteiger partial charge < -0.3 is 14.6 Å². The van der Waals surface area contributed by atoms with Crippen molar-refractivity contribution in [3.8, 4) is 0 Å². The summed E-state index contributed by atoms with van der Waals surface area (Å²) in [5.41, 5.74) is -0.0840. The van der Waals surface area contributed by atoms with Crippen LogP contribution in [0.3, 0.4) is 0 Å². The molecule has 2 aromatic rings. The minimum Gasteiger partial charge on any atom is -0.383 e. The Hall–Kier alpha value is -2.46. The maximum absolute atomic E-state index is 12.5. The maximum Gasteiger partial charge on any atom is 0.345 e. The van der Waals surface area contributed by atoms with Crippen molar-refractivity contribution in [2.45, 2.75) is 45.7 Å². The topological polar surface area (TPSA) is 107 Å². The highest BCUT2D eigenvalue weighted by Crippen LogP contribution is 2.26. The minimum absolute atomic E-state index is 0.0840. The van der Waals surface area contributed by atoms with Crippen molar-refractivity contribution >= 4 is 11.7 Å². The lowest BCUT2D eigenvalue weighted by molar-refractivity contribution is -0.117. The zero-order valence-electron chi connectivity index (χ0n) is 16.7. The van der Waals surface area contributed by atoms with Gasteiger partial charge in [-0.15, -0.1) is 0 Å². The highest BCUT2D eigenvalue weighted by Gasteiger charge is 2.27. The number of nitrogens with one attached hydrogen (secondary N) is 1. The number of methoxy groups -OCH3 is 1. The van der Waals surface area contributed by atoms with Crippen LogP contribution in [0.5, 0.6) is 0 Å². The van der Waals surface area contributed by atoms with E-state index in [4.69, 9.17) is 9.26 Å². The molecule has 154 valence electrons. The van der Waals surface area contributed by atoms with Crippen LogP contribution in [-0.4, -0.2) is 63.7 Å². The van der Waals surface area contributed by atoms with Gasteiger partial charge in [0.25, 0.3) is 0 Å². The Labute approximate surface area is 163 Å². The SMILES string of the molecule is CCn1c(C2CCN(CC(=O)Nc3cc(C)on3)CC2)nn(CCOC)c1=O. The Morgan fingerprint density at radius 3 is 2.75 bits per heavy atom. The summed E-state index contributed by atoms with van der Waals surface area (Å²) in [7, 11) is 1.61. The molecule has 1 aliphatic rings. The number of amides is 1. The average Bonchev–Trinajstić information content (AvgIpc) is 3.23. The van der Waals surface area contributed by atoms with E-state index in [2.05, 4.69) is 20.5 Å². The fraction of sp³-hybridized carbons (Fsp3) is 0.667. The molecule has 28 heavy (non-hydrogen) atoms.